The molecule has 0 heterocycles. The molecule has 2 unspecified atom stereocenters. The van der Waals surface area contributed by atoms with Crippen molar-refractivity contribution in [2.75, 3.05) is 20.6 Å². The minimum atomic E-state index is 0.414. The lowest BCUT2D eigenvalue weighted by Crippen LogP contribution is -2.35. The first kappa shape index (κ1) is 15.2. The van der Waals surface area contributed by atoms with Gasteiger partial charge in [-0.15, -0.1) is 0 Å². The van der Waals surface area contributed by atoms with Gasteiger partial charge in [-0.2, -0.15) is 0 Å². The minimum absolute atomic E-state index is 0.414. The second-order valence-electron chi connectivity index (χ2n) is 5.59. The first-order valence-corrected chi connectivity index (χ1v) is 6.90. The van der Waals surface area contributed by atoms with E-state index in [-0.39, 0.29) is 0 Å². The molecule has 2 atom stereocenters. The van der Waals surface area contributed by atoms with Gasteiger partial charge in [0.25, 0.3) is 0 Å². The van der Waals surface area contributed by atoms with Gasteiger partial charge in [-0.3, -0.25) is 0 Å². The van der Waals surface area contributed by atoms with Crippen LogP contribution in [0.15, 0.2) is 18.2 Å². The summed E-state index contributed by atoms with van der Waals surface area (Å²) in [7, 11) is 4.10. The number of benzene rings is 1. The Balaban J connectivity index is 3.10. The molecule has 2 nitrogen and oxygen atoms in total. The highest BCUT2D eigenvalue weighted by Crippen LogP contribution is 2.30. The fourth-order valence-electron chi connectivity index (χ4n) is 2.67. The number of aryl methyl sites for hydroxylation is 2. The van der Waals surface area contributed by atoms with Crippen LogP contribution in [0.3, 0.4) is 0 Å². The lowest BCUT2D eigenvalue weighted by atomic mass is 9.82. The van der Waals surface area contributed by atoms with E-state index in [2.05, 4.69) is 63.6 Å². The summed E-state index contributed by atoms with van der Waals surface area (Å²) in [5, 5.41) is 6.84. The van der Waals surface area contributed by atoms with Gasteiger partial charge in [-0.05, 0) is 57.5 Å². The molecular weight excluding hydrogens is 220 g/mol. The molecule has 0 radical (unpaired) electrons. The summed E-state index contributed by atoms with van der Waals surface area (Å²) < 4.78 is 0. The molecule has 18 heavy (non-hydrogen) atoms. The lowest BCUT2D eigenvalue weighted by Gasteiger charge is -2.31. The lowest BCUT2D eigenvalue weighted by molar-refractivity contribution is 0.284. The fourth-order valence-corrected chi connectivity index (χ4v) is 2.67. The molecule has 0 aromatic heterocycles. The van der Waals surface area contributed by atoms with E-state index in [0.29, 0.717) is 17.9 Å². The molecule has 1 aromatic carbocycles. The van der Waals surface area contributed by atoms with Crippen LogP contribution in [0.2, 0.25) is 0 Å². The highest BCUT2D eigenvalue weighted by molar-refractivity contribution is 5.33. The van der Waals surface area contributed by atoms with Crippen molar-refractivity contribution in [1.82, 2.24) is 10.6 Å². The predicted molar refractivity (Wildman–Crippen MR) is 80.0 cm³/mol. The number of nitrogens with one attached hydrogen (secondary N) is 2. The monoisotopic (exact) mass is 248 g/mol. The summed E-state index contributed by atoms with van der Waals surface area (Å²) in [6, 6.07) is 7.15. The minimum Gasteiger partial charge on any atom is -0.319 e. The molecule has 1 aromatic rings. The number of rotatable bonds is 6. The molecule has 0 aliphatic carbocycles. The maximum absolute atomic E-state index is 3.51. The third kappa shape index (κ3) is 3.56. The standard InChI is InChI=1S/C16H28N2/c1-11(2)15(10-17-5)16(18-6)14-9-12(3)7-8-13(14)4/h7-9,11,15-18H,10H2,1-6H3. The van der Waals surface area contributed by atoms with Crippen molar-refractivity contribution in [2.45, 2.75) is 33.7 Å². The largest absolute Gasteiger partial charge is 0.319 e. The van der Waals surface area contributed by atoms with E-state index < -0.39 is 0 Å². The van der Waals surface area contributed by atoms with Crippen molar-refractivity contribution in [2.24, 2.45) is 11.8 Å². The second kappa shape index (κ2) is 6.91. The molecule has 0 saturated carbocycles. The predicted octanol–water partition coefficient (Wildman–Crippen LogP) is 3.06. The van der Waals surface area contributed by atoms with Gasteiger partial charge < -0.3 is 10.6 Å². The molecule has 0 bridgehead atoms. The smallest absolute Gasteiger partial charge is 0.0363 e. The van der Waals surface area contributed by atoms with Crippen LogP contribution in [0.1, 0.15) is 36.6 Å². The van der Waals surface area contributed by atoms with Gasteiger partial charge in [-0.25, -0.2) is 0 Å². The molecule has 0 aliphatic heterocycles. The summed E-state index contributed by atoms with van der Waals surface area (Å²) in [4.78, 5) is 0. The molecule has 102 valence electrons. The second-order valence-corrected chi connectivity index (χ2v) is 5.59. The van der Waals surface area contributed by atoms with Crippen LogP contribution in [0.4, 0.5) is 0 Å². The Hall–Kier alpha value is -0.860. The Morgan fingerprint density at radius 3 is 2.28 bits per heavy atom. The molecule has 0 spiro atoms. The Bertz CT molecular complexity index is 371. The van der Waals surface area contributed by atoms with Crippen LogP contribution in [0.5, 0.6) is 0 Å². The quantitative estimate of drug-likeness (QED) is 0.808. The Morgan fingerprint density at radius 1 is 1.11 bits per heavy atom. The van der Waals surface area contributed by atoms with Crippen molar-refractivity contribution in [3.8, 4) is 0 Å². The van der Waals surface area contributed by atoms with Crippen LogP contribution >= 0.6 is 0 Å². The van der Waals surface area contributed by atoms with Crippen LogP contribution in [-0.4, -0.2) is 20.6 Å². The van der Waals surface area contributed by atoms with Crippen LogP contribution in [0.25, 0.3) is 0 Å². The molecule has 0 aliphatic rings. The average molecular weight is 248 g/mol. The van der Waals surface area contributed by atoms with E-state index in [1.807, 2.05) is 7.05 Å². The summed E-state index contributed by atoms with van der Waals surface area (Å²) in [5.74, 6) is 1.25. The van der Waals surface area contributed by atoms with E-state index >= 15 is 0 Å². The molecule has 0 saturated heterocycles. The Labute approximate surface area is 112 Å². The van der Waals surface area contributed by atoms with E-state index in [4.69, 9.17) is 0 Å². The maximum Gasteiger partial charge on any atom is 0.0363 e. The van der Waals surface area contributed by atoms with Crippen molar-refractivity contribution >= 4 is 0 Å². The van der Waals surface area contributed by atoms with Crippen molar-refractivity contribution in [3.63, 3.8) is 0 Å². The van der Waals surface area contributed by atoms with E-state index in [1.54, 1.807) is 0 Å². The molecule has 0 amide bonds. The van der Waals surface area contributed by atoms with E-state index in [0.717, 1.165) is 6.54 Å². The van der Waals surface area contributed by atoms with Crippen molar-refractivity contribution in [1.29, 1.82) is 0 Å². The maximum atomic E-state index is 3.51. The molecule has 2 heteroatoms. The van der Waals surface area contributed by atoms with Gasteiger partial charge in [0, 0.05) is 6.04 Å². The fraction of sp³-hybridized carbons (Fsp3) is 0.625. The van der Waals surface area contributed by atoms with Gasteiger partial charge in [0.15, 0.2) is 0 Å². The van der Waals surface area contributed by atoms with Gasteiger partial charge >= 0.3 is 0 Å². The highest BCUT2D eigenvalue weighted by atomic mass is 14.9. The van der Waals surface area contributed by atoms with Gasteiger partial charge in [0.2, 0.25) is 0 Å². The van der Waals surface area contributed by atoms with Crippen molar-refractivity contribution in [3.05, 3.63) is 34.9 Å². The summed E-state index contributed by atoms with van der Waals surface area (Å²) >= 11 is 0. The van der Waals surface area contributed by atoms with Gasteiger partial charge in [0.1, 0.15) is 0 Å². The summed E-state index contributed by atoms with van der Waals surface area (Å²) in [5.41, 5.74) is 4.15. The van der Waals surface area contributed by atoms with Gasteiger partial charge in [-0.1, -0.05) is 37.6 Å². The van der Waals surface area contributed by atoms with E-state index in [1.165, 1.54) is 16.7 Å². The van der Waals surface area contributed by atoms with Crippen LogP contribution < -0.4 is 10.6 Å². The normalized spacial score (nSPS) is 14.8. The molecule has 1 rings (SSSR count). The average Bonchev–Trinajstić information content (AvgIpc) is 2.33. The third-order valence-corrected chi connectivity index (χ3v) is 3.81. The molecule has 0 fully saturated rings. The molecular formula is C16H28N2. The zero-order valence-electron chi connectivity index (χ0n) is 12.7. The topological polar surface area (TPSA) is 24.1 Å². The number of hydrogen-bond acceptors (Lipinski definition) is 2. The summed E-state index contributed by atoms with van der Waals surface area (Å²) in [6.07, 6.45) is 0. The highest BCUT2D eigenvalue weighted by Gasteiger charge is 2.25. The first-order valence-electron chi connectivity index (χ1n) is 6.90. The first-order chi connectivity index (χ1) is 8.51. The zero-order valence-corrected chi connectivity index (χ0v) is 12.7. The van der Waals surface area contributed by atoms with E-state index in [9.17, 15) is 0 Å². The summed E-state index contributed by atoms with van der Waals surface area (Å²) in [6.45, 7) is 10.0. The Kier molecular flexibility index (Phi) is 5.83. The SMILES string of the molecule is CNCC(C(C)C)C(NC)c1cc(C)ccc1C. The number of hydrogen-bond donors (Lipinski definition) is 2. The third-order valence-electron chi connectivity index (χ3n) is 3.81. The van der Waals surface area contributed by atoms with Crippen LogP contribution in [-0.2, 0) is 0 Å². The zero-order chi connectivity index (χ0) is 13.7. The Morgan fingerprint density at radius 2 is 1.78 bits per heavy atom. The van der Waals surface area contributed by atoms with Crippen LogP contribution in [0, 0.1) is 25.7 Å². The molecule has 2 N–H and O–H groups in total. The van der Waals surface area contributed by atoms with Gasteiger partial charge in [0.05, 0.1) is 0 Å². The van der Waals surface area contributed by atoms with Crippen molar-refractivity contribution < 1.29 is 0 Å².